The maximum atomic E-state index is 5.83. The summed E-state index contributed by atoms with van der Waals surface area (Å²) >= 11 is 0. The molecule has 0 amide bonds. The number of hydrogen-bond acceptors (Lipinski definition) is 5. The molecule has 3 rings (SSSR count). The van der Waals surface area contributed by atoms with Crippen LogP contribution in [-0.4, -0.2) is 29.8 Å². The molecular formula is C21H30N2O3. The fourth-order valence-electron chi connectivity index (χ4n) is 3.84. The molecule has 0 radical (unpaired) electrons. The van der Waals surface area contributed by atoms with Crippen molar-refractivity contribution in [2.24, 2.45) is 0 Å². The van der Waals surface area contributed by atoms with Crippen LogP contribution in [0, 0.1) is 6.92 Å². The van der Waals surface area contributed by atoms with Gasteiger partial charge in [0.1, 0.15) is 5.76 Å². The first kappa shape index (κ1) is 18.8. The van der Waals surface area contributed by atoms with Crippen LogP contribution in [0.2, 0.25) is 0 Å². The third-order valence-electron chi connectivity index (χ3n) is 4.98. The van der Waals surface area contributed by atoms with Crippen molar-refractivity contribution in [3.05, 3.63) is 40.8 Å². The second-order valence-electron chi connectivity index (χ2n) is 7.24. The molecule has 0 N–H and O–H groups in total. The van der Waals surface area contributed by atoms with Crippen LogP contribution in [0.5, 0.6) is 11.5 Å². The lowest BCUT2D eigenvalue weighted by atomic mass is 10.0. The number of benzene rings is 1. The van der Waals surface area contributed by atoms with Crippen molar-refractivity contribution in [1.29, 1.82) is 0 Å². The van der Waals surface area contributed by atoms with Gasteiger partial charge >= 0.3 is 0 Å². The first-order valence-electron chi connectivity index (χ1n) is 9.56. The van der Waals surface area contributed by atoms with Crippen LogP contribution in [-0.2, 0) is 13.0 Å². The van der Waals surface area contributed by atoms with Crippen LogP contribution in [0.3, 0.4) is 0 Å². The molecule has 1 fully saturated rings. The van der Waals surface area contributed by atoms with E-state index in [9.17, 15) is 0 Å². The summed E-state index contributed by atoms with van der Waals surface area (Å²) in [6.07, 6.45) is 3.36. The van der Waals surface area contributed by atoms with E-state index in [4.69, 9.17) is 14.0 Å². The van der Waals surface area contributed by atoms with Crippen LogP contribution < -0.4 is 9.47 Å². The molecular weight excluding hydrogens is 328 g/mol. The zero-order chi connectivity index (χ0) is 18.7. The van der Waals surface area contributed by atoms with Crippen LogP contribution in [0.15, 0.2) is 22.7 Å². The smallest absolute Gasteiger partial charge is 0.161 e. The molecule has 5 heteroatoms. The summed E-state index contributed by atoms with van der Waals surface area (Å²) in [5.41, 5.74) is 3.55. The van der Waals surface area contributed by atoms with Gasteiger partial charge in [-0.05, 0) is 57.9 Å². The number of hydrogen-bond donors (Lipinski definition) is 0. The van der Waals surface area contributed by atoms with Crippen molar-refractivity contribution < 1.29 is 14.0 Å². The predicted octanol–water partition coefficient (Wildman–Crippen LogP) is 4.68. The number of aryl methyl sites for hydroxylation is 2. The summed E-state index contributed by atoms with van der Waals surface area (Å²) in [5.74, 6) is 2.62. The maximum Gasteiger partial charge on any atom is 0.161 e. The SMILES string of the molecule is CCc1onc(C)c1[C@@H]1CCCN1Cc1ccc(OC(C)C)c(OC)c1. The van der Waals surface area contributed by atoms with Crippen LogP contribution >= 0.6 is 0 Å². The number of rotatable bonds is 7. The third kappa shape index (κ3) is 3.88. The van der Waals surface area contributed by atoms with E-state index in [1.807, 2.05) is 19.9 Å². The molecule has 1 aliphatic heterocycles. The Kier molecular flexibility index (Phi) is 5.87. The normalized spacial score (nSPS) is 17.8. The third-order valence-corrected chi connectivity index (χ3v) is 4.98. The Morgan fingerprint density at radius 3 is 2.81 bits per heavy atom. The van der Waals surface area contributed by atoms with Gasteiger partial charge in [-0.2, -0.15) is 0 Å². The molecule has 1 saturated heterocycles. The van der Waals surface area contributed by atoms with Crippen molar-refractivity contribution in [3.63, 3.8) is 0 Å². The predicted molar refractivity (Wildman–Crippen MR) is 102 cm³/mol. The summed E-state index contributed by atoms with van der Waals surface area (Å²) in [5, 5.41) is 4.20. The van der Waals surface area contributed by atoms with E-state index in [1.165, 1.54) is 17.5 Å². The van der Waals surface area contributed by atoms with Crippen molar-refractivity contribution in [1.82, 2.24) is 10.1 Å². The summed E-state index contributed by atoms with van der Waals surface area (Å²) in [7, 11) is 1.69. The summed E-state index contributed by atoms with van der Waals surface area (Å²) in [6, 6.07) is 6.63. The van der Waals surface area contributed by atoms with Gasteiger partial charge in [0, 0.05) is 24.6 Å². The molecule has 1 atom stereocenters. The highest BCUT2D eigenvalue weighted by atomic mass is 16.5. The molecule has 5 nitrogen and oxygen atoms in total. The average molecular weight is 358 g/mol. The van der Waals surface area contributed by atoms with Gasteiger partial charge < -0.3 is 14.0 Å². The Morgan fingerprint density at radius 1 is 1.31 bits per heavy atom. The fourth-order valence-corrected chi connectivity index (χ4v) is 3.84. The molecule has 1 aromatic carbocycles. The first-order chi connectivity index (χ1) is 12.5. The number of likely N-dealkylation sites (tertiary alicyclic amines) is 1. The van der Waals surface area contributed by atoms with Crippen molar-refractivity contribution in [2.75, 3.05) is 13.7 Å². The molecule has 0 aliphatic carbocycles. The lowest BCUT2D eigenvalue weighted by Crippen LogP contribution is -2.23. The minimum absolute atomic E-state index is 0.127. The first-order valence-corrected chi connectivity index (χ1v) is 9.56. The molecule has 142 valence electrons. The van der Waals surface area contributed by atoms with Crippen molar-refractivity contribution in [3.8, 4) is 11.5 Å². The largest absolute Gasteiger partial charge is 0.493 e. The number of aromatic nitrogens is 1. The molecule has 0 unspecified atom stereocenters. The topological polar surface area (TPSA) is 47.7 Å². The van der Waals surface area contributed by atoms with E-state index in [0.29, 0.717) is 6.04 Å². The molecule has 2 aromatic rings. The molecule has 0 spiro atoms. The van der Waals surface area contributed by atoms with E-state index in [1.54, 1.807) is 7.11 Å². The molecule has 1 aliphatic rings. The van der Waals surface area contributed by atoms with E-state index in [0.717, 1.165) is 48.9 Å². The Labute approximate surface area is 156 Å². The minimum atomic E-state index is 0.127. The summed E-state index contributed by atoms with van der Waals surface area (Å²) < 4.78 is 16.9. The van der Waals surface area contributed by atoms with Crippen LogP contribution in [0.25, 0.3) is 0 Å². The zero-order valence-corrected chi connectivity index (χ0v) is 16.5. The van der Waals surface area contributed by atoms with Gasteiger partial charge in [0.25, 0.3) is 0 Å². The van der Waals surface area contributed by atoms with Crippen molar-refractivity contribution >= 4 is 0 Å². The monoisotopic (exact) mass is 358 g/mol. The second kappa shape index (κ2) is 8.12. The Hall–Kier alpha value is -2.01. The standard InChI is InChI=1S/C21H30N2O3/c1-6-18-21(15(4)22-26-18)17-8-7-11-23(17)13-16-9-10-19(25-14(2)3)20(12-16)24-5/h9-10,12,14,17H,6-8,11,13H2,1-5H3/t17-/m0/s1. The van der Waals surface area contributed by atoms with E-state index >= 15 is 0 Å². The summed E-state index contributed by atoms with van der Waals surface area (Å²) in [6.45, 7) is 10.2. The minimum Gasteiger partial charge on any atom is -0.493 e. The van der Waals surface area contributed by atoms with Crippen LogP contribution in [0.4, 0.5) is 0 Å². The highest BCUT2D eigenvalue weighted by Gasteiger charge is 2.31. The Morgan fingerprint density at radius 2 is 2.12 bits per heavy atom. The molecule has 0 bridgehead atoms. The zero-order valence-electron chi connectivity index (χ0n) is 16.5. The molecule has 2 heterocycles. The van der Waals surface area contributed by atoms with E-state index in [2.05, 4.69) is 36.0 Å². The lowest BCUT2D eigenvalue weighted by molar-refractivity contribution is 0.228. The summed E-state index contributed by atoms with van der Waals surface area (Å²) in [4.78, 5) is 2.52. The van der Waals surface area contributed by atoms with E-state index < -0.39 is 0 Å². The van der Waals surface area contributed by atoms with E-state index in [-0.39, 0.29) is 6.10 Å². The molecule has 26 heavy (non-hydrogen) atoms. The van der Waals surface area contributed by atoms with Gasteiger partial charge in [0.15, 0.2) is 11.5 Å². The molecule has 0 saturated carbocycles. The Bertz CT molecular complexity index is 739. The van der Waals surface area contributed by atoms with Gasteiger partial charge in [0.2, 0.25) is 0 Å². The van der Waals surface area contributed by atoms with Crippen molar-refractivity contribution in [2.45, 2.75) is 65.6 Å². The number of nitrogens with zero attached hydrogens (tertiary/aromatic N) is 2. The van der Waals surface area contributed by atoms with Gasteiger partial charge in [-0.1, -0.05) is 18.1 Å². The van der Waals surface area contributed by atoms with Gasteiger partial charge in [0.05, 0.1) is 18.9 Å². The maximum absolute atomic E-state index is 5.83. The Balaban J connectivity index is 1.80. The number of methoxy groups -OCH3 is 1. The second-order valence-corrected chi connectivity index (χ2v) is 7.24. The number of ether oxygens (including phenoxy) is 2. The van der Waals surface area contributed by atoms with Gasteiger partial charge in [-0.25, -0.2) is 0 Å². The molecule has 1 aromatic heterocycles. The quantitative estimate of drug-likeness (QED) is 0.719. The van der Waals surface area contributed by atoms with Gasteiger partial charge in [-0.3, -0.25) is 4.90 Å². The van der Waals surface area contributed by atoms with Crippen LogP contribution in [0.1, 0.15) is 62.2 Å². The fraction of sp³-hybridized carbons (Fsp3) is 0.571. The average Bonchev–Trinajstić information content (AvgIpc) is 3.21. The van der Waals surface area contributed by atoms with Gasteiger partial charge in [-0.15, -0.1) is 0 Å². The highest BCUT2D eigenvalue weighted by molar-refractivity contribution is 5.43. The lowest BCUT2D eigenvalue weighted by Gasteiger charge is -2.25. The highest BCUT2D eigenvalue weighted by Crippen LogP contribution is 2.38.